The molecule has 1 N–H and O–H groups in total. The maximum absolute atomic E-state index is 12.1. The van der Waals surface area contributed by atoms with Crippen molar-refractivity contribution in [1.82, 2.24) is 4.57 Å². The van der Waals surface area contributed by atoms with Crippen LogP contribution in [0.1, 0.15) is 20.7 Å². The van der Waals surface area contributed by atoms with Crippen molar-refractivity contribution >= 4 is 17.6 Å². The Morgan fingerprint density at radius 2 is 1.90 bits per heavy atom. The molecule has 0 saturated carbocycles. The normalized spacial score (nSPS) is 10.0. The van der Waals surface area contributed by atoms with Gasteiger partial charge < -0.3 is 14.6 Å². The van der Waals surface area contributed by atoms with Crippen molar-refractivity contribution in [2.75, 3.05) is 12.4 Å². The number of esters is 1. The Bertz CT molecular complexity index is 749. The fourth-order valence-corrected chi connectivity index (χ4v) is 1.77. The van der Waals surface area contributed by atoms with Gasteiger partial charge >= 0.3 is 5.97 Å². The Labute approximate surface area is 121 Å². The summed E-state index contributed by atoms with van der Waals surface area (Å²) in [6.07, 6.45) is 1.45. The van der Waals surface area contributed by atoms with Crippen molar-refractivity contribution in [3.63, 3.8) is 0 Å². The highest BCUT2D eigenvalue weighted by atomic mass is 16.5. The molecular weight excluding hydrogens is 272 g/mol. The van der Waals surface area contributed by atoms with E-state index >= 15 is 0 Å². The van der Waals surface area contributed by atoms with Crippen molar-refractivity contribution < 1.29 is 14.3 Å². The molecule has 2 rings (SSSR count). The Kier molecular flexibility index (Phi) is 4.18. The van der Waals surface area contributed by atoms with Gasteiger partial charge in [-0.15, -0.1) is 0 Å². The third-order valence-corrected chi connectivity index (χ3v) is 2.89. The van der Waals surface area contributed by atoms with Gasteiger partial charge in [-0.1, -0.05) is 6.07 Å². The number of ether oxygens (including phenoxy) is 1. The molecule has 1 aromatic carbocycles. The molecule has 0 unspecified atom stereocenters. The molecule has 0 spiro atoms. The van der Waals surface area contributed by atoms with Gasteiger partial charge in [-0.2, -0.15) is 0 Å². The number of nitrogens with one attached hydrogen (secondary N) is 1. The summed E-state index contributed by atoms with van der Waals surface area (Å²) < 4.78 is 5.94. The minimum absolute atomic E-state index is 0.195. The molecule has 1 aromatic heterocycles. The van der Waals surface area contributed by atoms with Crippen LogP contribution in [-0.2, 0) is 11.8 Å². The van der Waals surface area contributed by atoms with Gasteiger partial charge in [-0.3, -0.25) is 9.59 Å². The van der Waals surface area contributed by atoms with Crippen LogP contribution >= 0.6 is 0 Å². The van der Waals surface area contributed by atoms with Crippen LogP contribution in [0, 0.1) is 0 Å². The van der Waals surface area contributed by atoms with E-state index in [1.54, 1.807) is 25.2 Å². The van der Waals surface area contributed by atoms with Crippen molar-refractivity contribution in [3.05, 3.63) is 64.1 Å². The molecule has 0 bridgehead atoms. The lowest BCUT2D eigenvalue weighted by Gasteiger charge is -2.07. The molecule has 0 atom stereocenters. The van der Waals surface area contributed by atoms with Gasteiger partial charge in [0.2, 0.25) is 5.56 Å². The number of benzene rings is 1. The molecule has 6 nitrogen and oxygen atoms in total. The molecule has 0 radical (unpaired) electrons. The summed E-state index contributed by atoms with van der Waals surface area (Å²) in [6, 6.07) is 9.18. The lowest BCUT2D eigenvalue weighted by atomic mass is 10.2. The fourth-order valence-electron chi connectivity index (χ4n) is 1.77. The van der Waals surface area contributed by atoms with Crippen LogP contribution in [0.4, 0.5) is 5.69 Å². The summed E-state index contributed by atoms with van der Waals surface area (Å²) in [7, 11) is 2.86. The Balaban J connectivity index is 2.21. The van der Waals surface area contributed by atoms with Gasteiger partial charge in [0.25, 0.3) is 5.91 Å². The SMILES string of the molecule is COC(=O)c1cccc(NC(=O)c2ccc(=O)n(C)c2)c1. The molecule has 0 aliphatic rings. The molecule has 1 amide bonds. The van der Waals surface area contributed by atoms with Crippen molar-refractivity contribution in [3.8, 4) is 0 Å². The highest BCUT2D eigenvalue weighted by Gasteiger charge is 2.10. The molecule has 6 heteroatoms. The lowest BCUT2D eigenvalue weighted by Crippen LogP contribution is -2.19. The third-order valence-electron chi connectivity index (χ3n) is 2.89. The Hall–Kier alpha value is -2.89. The zero-order chi connectivity index (χ0) is 15.4. The van der Waals surface area contributed by atoms with Gasteiger partial charge in [0.15, 0.2) is 0 Å². The van der Waals surface area contributed by atoms with E-state index in [1.165, 1.54) is 36.1 Å². The second-order valence-corrected chi connectivity index (χ2v) is 4.39. The van der Waals surface area contributed by atoms with Gasteiger partial charge in [0.05, 0.1) is 18.2 Å². The molecule has 0 aliphatic heterocycles. The monoisotopic (exact) mass is 286 g/mol. The number of hydrogen-bond donors (Lipinski definition) is 1. The predicted molar refractivity (Wildman–Crippen MR) is 77.4 cm³/mol. The van der Waals surface area contributed by atoms with Crippen molar-refractivity contribution in [2.24, 2.45) is 7.05 Å². The summed E-state index contributed by atoms with van der Waals surface area (Å²) >= 11 is 0. The zero-order valence-electron chi connectivity index (χ0n) is 11.6. The second kappa shape index (κ2) is 6.04. The number of aromatic nitrogens is 1. The predicted octanol–water partition coefficient (Wildman–Crippen LogP) is 1.42. The number of aryl methyl sites for hydroxylation is 1. The number of nitrogens with zero attached hydrogens (tertiary/aromatic N) is 1. The zero-order valence-corrected chi connectivity index (χ0v) is 11.6. The largest absolute Gasteiger partial charge is 0.465 e. The van der Waals surface area contributed by atoms with E-state index in [4.69, 9.17) is 0 Å². The van der Waals surface area contributed by atoms with E-state index in [1.807, 2.05) is 0 Å². The third kappa shape index (κ3) is 3.36. The number of amides is 1. The van der Waals surface area contributed by atoms with Crippen LogP contribution in [0.25, 0.3) is 0 Å². The van der Waals surface area contributed by atoms with Crippen LogP contribution < -0.4 is 10.9 Å². The summed E-state index contributed by atoms with van der Waals surface area (Å²) in [4.78, 5) is 34.8. The molecule has 0 saturated heterocycles. The van der Waals surface area contributed by atoms with E-state index in [-0.39, 0.29) is 11.5 Å². The first kappa shape index (κ1) is 14.5. The Morgan fingerprint density at radius 1 is 1.14 bits per heavy atom. The van der Waals surface area contributed by atoms with E-state index in [0.29, 0.717) is 16.8 Å². The first-order chi connectivity index (χ1) is 10.0. The number of carbonyl (C=O) groups excluding carboxylic acids is 2. The number of hydrogen-bond acceptors (Lipinski definition) is 4. The van der Waals surface area contributed by atoms with Crippen LogP contribution in [-0.4, -0.2) is 23.6 Å². The van der Waals surface area contributed by atoms with E-state index in [2.05, 4.69) is 10.1 Å². The first-order valence-electron chi connectivity index (χ1n) is 6.17. The maximum atomic E-state index is 12.1. The summed E-state index contributed by atoms with van der Waals surface area (Å²) in [5, 5.41) is 2.66. The topological polar surface area (TPSA) is 77.4 Å². The van der Waals surface area contributed by atoms with Crippen molar-refractivity contribution in [2.45, 2.75) is 0 Å². The van der Waals surface area contributed by atoms with Gasteiger partial charge in [0.1, 0.15) is 0 Å². The molecule has 0 aliphatic carbocycles. The fraction of sp³-hybridized carbons (Fsp3) is 0.133. The van der Waals surface area contributed by atoms with E-state index in [9.17, 15) is 14.4 Å². The van der Waals surface area contributed by atoms with Gasteiger partial charge in [-0.05, 0) is 24.3 Å². The second-order valence-electron chi connectivity index (χ2n) is 4.39. The number of pyridine rings is 1. The average molecular weight is 286 g/mol. The number of methoxy groups -OCH3 is 1. The molecule has 2 aromatic rings. The summed E-state index contributed by atoms with van der Waals surface area (Å²) in [6.45, 7) is 0. The molecule has 108 valence electrons. The highest BCUT2D eigenvalue weighted by Crippen LogP contribution is 2.12. The number of anilines is 1. The quantitative estimate of drug-likeness (QED) is 0.866. The highest BCUT2D eigenvalue weighted by molar-refractivity contribution is 6.04. The molecule has 1 heterocycles. The maximum Gasteiger partial charge on any atom is 0.337 e. The van der Waals surface area contributed by atoms with Gasteiger partial charge in [0, 0.05) is 25.0 Å². The minimum atomic E-state index is -0.479. The van der Waals surface area contributed by atoms with Crippen molar-refractivity contribution in [1.29, 1.82) is 0 Å². The van der Waals surface area contributed by atoms with Gasteiger partial charge in [-0.25, -0.2) is 4.79 Å². The molecule has 0 fully saturated rings. The summed E-state index contributed by atoms with van der Waals surface area (Å²) in [5.41, 5.74) is 0.965. The number of rotatable bonds is 3. The first-order valence-corrected chi connectivity index (χ1v) is 6.17. The van der Waals surface area contributed by atoms with Crippen LogP contribution in [0.3, 0.4) is 0 Å². The molecular formula is C15H14N2O4. The Morgan fingerprint density at radius 3 is 2.57 bits per heavy atom. The lowest BCUT2D eigenvalue weighted by molar-refractivity contribution is 0.0600. The average Bonchev–Trinajstić information content (AvgIpc) is 2.49. The standard InChI is InChI=1S/C15H14N2O4/c1-17-9-11(6-7-13(17)18)14(19)16-12-5-3-4-10(8-12)15(20)21-2/h3-9H,1-2H3,(H,16,19). The van der Waals surface area contributed by atoms with Crippen LogP contribution in [0.5, 0.6) is 0 Å². The van der Waals surface area contributed by atoms with E-state index < -0.39 is 5.97 Å². The minimum Gasteiger partial charge on any atom is -0.465 e. The summed E-state index contributed by atoms with van der Waals surface area (Å²) in [5.74, 6) is -0.846. The van der Waals surface area contributed by atoms with E-state index in [0.717, 1.165) is 0 Å². The smallest absolute Gasteiger partial charge is 0.337 e. The van der Waals surface area contributed by atoms with Crippen LogP contribution in [0.2, 0.25) is 0 Å². The van der Waals surface area contributed by atoms with Crippen LogP contribution in [0.15, 0.2) is 47.4 Å². The molecule has 21 heavy (non-hydrogen) atoms. The number of carbonyl (C=O) groups is 2.